The molecule has 0 aromatic heterocycles. The van der Waals surface area contributed by atoms with E-state index in [4.69, 9.17) is 0 Å². The Bertz CT molecular complexity index is 517. The van der Waals surface area contributed by atoms with Gasteiger partial charge in [-0.15, -0.1) is 0 Å². The first-order valence-electron chi connectivity index (χ1n) is 6.50. The first-order valence-corrected chi connectivity index (χ1v) is 7.88. The molecule has 2 heteroatoms. The molecule has 1 aliphatic rings. The van der Waals surface area contributed by atoms with E-state index in [9.17, 15) is 4.21 Å². The molecule has 18 heavy (non-hydrogen) atoms. The molecule has 2 rings (SSSR count). The second-order valence-electron chi connectivity index (χ2n) is 5.59. The molecule has 98 valence electrons. The third-order valence-corrected chi connectivity index (χ3v) is 5.71. The topological polar surface area (TPSA) is 17.1 Å². The molecule has 0 saturated carbocycles. The Morgan fingerprint density at radius 2 is 1.56 bits per heavy atom. The van der Waals surface area contributed by atoms with Crippen LogP contribution < -0.4 is 0 Å². The summed E-state index contributed by atoms with van der Waals surface area (Å²) in [6.07, 6.45) is 0.948. The van der Waals surface area contributed by atoms with Crippen molar-refractivity contribution in [2.45, 2.75) is 46.3 Å². The number of rotatable bonds is 1. The Morgan fingerprint density at radius 1 is 1.00 bits per heavy atom. The van der Waals surface area contributed by atoms with Crippen LogP contribution in [0.5, 0.6) is 0 Å². The molecule has 0 N–H and O–H groups in total. The van der Waals surface area contributed by atoms with Gasteiger partial charge in [-0.05, 0) is 57.7 Å². The van der Waals surface area contributed by atoms with Crippen LogP contribution in [0.1, 0.15) is 47.8 Å². The summed E-state index contributed by atoms with van der Waals surface area (Å²) in [6, 6.07) is 4.42. The third kappa shape index (κ3) is 2.44. The van der Waals surface area contributed by atoms with Gasteiger partial charge in [-0.25, -0.2) is 0 Å². The van der Waals surface area contributed by atoms with Crippen molar-refractivity contribution in [3.63, 3.8) is 0 Å². The lowest BCUT2D eigenvalue weighted by Gasteiger charge is -2.27. The average molecular weight is 262 g/mol. The molecule has 0 saturated heterocycles. The van der Waals surface area contributed by atoms with Gasteiger partial charge in [0.05, 0.1) is 5.25 Å². The summed E-state index contributed by atoms with van der Waals surface area (Å²) in [5.41, 5.74) is 7.91. The van der Waals surface area contributed by atoms with E-state index in [1.54, 1.807) is 0 Å². The SMILES string of the molecule is CC1=C(C)CS(=O)[C@@H](c2c(C)cc(C)cc2C)C1. The molecule has 1 aromatic rings. The highest BCUT2D eigenvalue weighted by Gasteiger charge is 2.27. The van der Waals surface area contributed by atoms with Crippen molar-refractivity contribution in [2.24, 2.45) is 0 Å². The molecule has 1 aliphatic heterocycles. The van der Waals surface area contributed by atoms with Crippen LogP contribution in [-0.4, -0.2) is 9.96 Å². The number of aryl methyl sites for hydroxylation is 3. The summed E-state index contributed by atoms with van der Waals surface area (Å²) in [7, 11) is -0.765. The molecule has 1 aromatic carbocycles. The normalized spacial score (nSPS) is 24.5. The van der Waals surface area contributed by atoms with Crippen molar-refractivity contribution in [1.82, 2.24) is 0 Å². The minimum absolute atomic E-state index is 0.189. The number of hydrogen-bond donors (Lipinski definition) is 0. The maximum atomic E-state index is 12.4. The predicted octanol–water partition coefficient (Wildman–Crippen LogP) is 4.14. The van der Waals surface area contributed by atoms with Gasteiger partial charge in [0, 0.05) is 16.6 Å². The van der Waals surface area contributed by atoms with E-state index >= 15 is 0 Å². The zero-order valence-corrected chi connectivity index (χ0v) is 12.8. The summed E-state index contributed by atoms with van der Waals surface area (Å²) < 4.78 is 12.4. The number of hydrogen-bond acceptors (Lipinski definition) is 1. The molecular weight excluding hydrogens is 240 g/mol. The van der Waals surface area contributed by atoms with E-state index in [0.29, 0.717) is 0 Å². The Hall–Kier alpha value is -0.890. The summed E-state index contributed by atoms with van der Waals surface area (Å²) in [6.45, 7) is 10.7. The molecule has 0 aliphatic carbocycles. The van der Waals surface area contributed by atoms with E-state index in [1.165, 1.54) is 33.4 Å². The maximum absolute atomic E-state index is 12.4. The van der Waals surface area contributed by atoms with Crippen molar-refractivity contribution in [2.75, 3.05) is 5.75 Å². The van der Waals surface area contributed by atoms with Gasteiger partial charge in [0.15, 0.2) is 0 Å². The highest BCUT2D eigenvalue weighted by molar-refractivity contribution is 7.85. The summed E-state index contributed by atoms with van der Waals surface area (Å²) >= 11 is 0. The van der Waals surface area contributed by atoms with Crippen molar-refractivity contribution in [3.05, 3.63) is 45.5 Å². The lowest BCUT2D eigenvalue weighted by Crippen LogP contribution is -2.19. The fourth-order valence-corrected chi connectivity index (χ4v) is 4.86. The summed E-state index contributed by atoms with van der Waals surface area (Å²) in [4.78, 5) is 0. The Kier molecular flexibility index (Phi) is 3.76. The van der Waals surface area contributed by atoms with E-state index in [-0.39, 0.29) is 5.25 Å². The van der Waals surface area contributed by atoms with Crippen LogP contribution in [0, 0.1) is 20.8 Å². The second kappa shape index (κ2) is 5.00. The van der Waals surface area contributed by atoms with Gasteiger partial charge in [0.1, 0.15) is 0 Å². The highest BCUT2D eigenvalue weighted by atomic mass is 32.2. The zero-order chi connectivity index (χ0) is 13.4. The van der Waals surface area contributed by atoms with Crippen molar-refractivity contribution in [1.29, 1.82) is 0 Å². The fourth-order valence-electron chi connectivity index (χ4n) is 2.92. The molecule has 0 fully saturated rings. The van der Waals surface area contributed by atoms with E-state index in [2.05, 4.69) is 46.8 Å². The van der Waals surface area contributed by atoms with Crippen molar-refractivity contribution >= 4 is 10.8 Å². The monoisotopic (exact) mass is 262 g/mol. The minimum Gasteiger partial charge on any atom is -0.259 e. The van der Waals surface area contributed by atoms with Crippen molar-refractivity contribution in [3.8, 4) is 0 Å². The summed E-state index contributed by atoms with van der Waals surface area (Å²) in [5.74, 6) is 0.739. The van der Waals surface area contributed by atoms with Crippen LogP contribution in [0.4, 0.5) is 0 Å². The second-order valence-corrected chi connectivity index (χ2v) is 7.21. The molecule has 1 nitrogen and oxygen atoms in total. The molecule has 0 radical (unpaired) electrons. The number of allylic oxidation sites excluding steroid dienone is 1. The Morgan fingerprint density at radius 3 is 2.11 bits per heavy atom. The van der Waals surface area contributed by atoms with Gasteiger partial charge in [-0.2, -0.15) is 0 Å². The predicted molar refractivity (Wildman–Crippen MR) is 79.4 cm³/mol. The smallest absolute Gasteiger partial charge is 0.0642 e. The molecular formula is C16H22OS. The quantitative estimate of drug-likeness (QED) is 0.695. The molecule has 1 unspecified atom stereocenters. The van der Waals surface area contributed by atoms with Gasteiger partial charge < -0.3 is 0 Å². The van der Waals surface area contributed by atoms with Crippen LogP contribution in [0.3, 0.4) is 0 Å². The van der Waals surface area contributed by atoms with Crippen LogP contribution in [-0.2, 0) is 10.8 Å². The van der Waals surface area contributed by atoms with Gasteiger partial charge in [-0.1, -0.05) is 28.8 Å². The lowest BCUT2D eigenvalue weighted by atomic mass is 9.93. The van der Waals surface area contributed by atoms with Gasteiger partial charge in [0.2, 0.25) is 0 Å². The standard InChI is InChI=1S/C16H22OS/c1-10-6-12(3)16(13(4)7-10)15-8-11(2)14(5)9-18(15)17/h6-7,15H,8-9H2,1-5H3/t15-,18?/m1/s1. The molecule has 0 spiro atoms. The van der Waals surface area contributed by atoms with Gasteiger partial charge >= 0.3 is 0 Å². The number of benzene rings is 1. The van der Waals surface area contributed by atoms with Crippen LogP contribution in [0.15, 0.2) is 23.3 Å². The molecule has 2 atom stereocenters. The van der Waals surface area contributed by atoms with Gasteiger partial charge in [-0.3, -0.25) is 4.21 Å². The maximum Gasteiger partial charge on any atom is 0.0642 e. The first kappa shape index (κ1) is 13.5. The van der Waals surface area contributed by atoms with Crippen LogP contribution in [0.25, 0.3) is 0 Å². The first-order chi connectivity index (χ1) is 8.40. The van der Waals surface area contributed by atoms with E-state index in [0.717, 1.165) is 12.2 Å². The third-order valence-electron chi connectivity index (χ3n) is 3.96. The van der Waals surface area contributed by atoms with E-state index in [1.807, 2.05) is 0 Å². The Balaban J connectivity index is 2.48. The lowest BCUT2D eigenvalue weighted by molar-refractivity contribution is 0.666. The zero-order valence-electron chi connectivity index (χ0n) is 12.0. The van der Waals surface area contributed by atoms with Crippen molar-refractivity contribution < 1.29 is 4.21 Å². The molecule has 0 bridgehead atoms. The van der Waals surface area contributed by atoms with Crippen LogP contribution in [0.2, 0.25) is 0 Å². The Labute approximate surface area is 113 Å². The minimum atomic E-state index is -0.765. The fraction of sp³-hybridized carbons (Fsp3) is 0.500. The largest absolute Gasteiger partial charge is 0.259 e. The summed E-state index contributed by atoms with van der Waals surface area (Å²) in [5, 5.41) is 0.189. The molecule has 1 heterocycles. The molecule has 0 amide bonds. The average Bonchev–Trinajstić information content (AvgIpc) is 2.24. The van der Waals surface area contributed by atoms with Crippen LogP contribution >= 0.6 is 0 Å². The highest BCUT2D eigenvalue weighted by Crippen LogP contribution is 2.37. The van der Waals surface area contributed by atoms with Gasteiger partial charge in [0.25, 0.3) is 0 Å². The van der Waals surface area contributed by atoms with E-state index < -0.39 is 10.8 Å².